The van der Waals surface area contributed by atoms with Crippen LogP contribution in [0.1, 0.15) is 66.1 Å². The Kier molecular flexibility index (Phi) is 10.5. The lowest BCUT2D eigenvalue weighted by molar-refractivity contribution is -0.138. The summed E-state index contributed by atoms with van der Waals surface area (Å²) >= 11 is 0. The van der Waals surface area contributed by atoms with Gasteiger partial charge in [-0.05, 0) is 61.6 Å². The average molecular weight is 587 g/mol. The first-order valence-corrected chi connectivity index (χ1v) is 12.6. The van der Waals surface area contributed by atoms with Crippen molar-refractivity contribution in [3.8, 4) is 0 Å². The maximum Gasteiger partial charge on any atom is 0.418 e. The number of rotatable bonds is 6. The third-order valence-electron chi connectivity index (χ3n) is 6.49. The second-order valence-corrected chi connectivity index (χ2v) is 9.50. The first-order valence-electron chi connectivity index (χ1n) is 12.6. The lowest BCUT2D eigenvalue weighted by Crippen LogP contribution is -2.33. The van der Waals surface area contributed by atoms with Crippen LogP contribution in [-0.4, -0.2) is 21.2 Å². The highest BCUT2D eigenvalue weighted by atomic mass is 19.4. The van der Waals surface area contributed by atoms with Gasteiger partial charge in [-0.1, -0.05) is 19.3 Å². The Morgan fingerprint density at radius 2 is 1.73 bits per heavy atom. The van der Waals surface area contributed by atoms with Crippen LogP contribution >= 0.6 is 0 Å². The molecular formula is C27H29F7N6O. The summed E-state index contributed by atoms with van der Waals surface area (Å²) in [4.78, 5) is 16.9. The summed E-state index contributed by atoms with van der Waals surface area (Å²) < 4.78 is 91.9. The fourth-order valence-electron chi connectivity index (χ4n) is 4.56. The van der Waals surface area contributed by atoms with Gasteiger partial charge in [0.2, 0.25) is 0 Å². The molecule has 7 nitrogen and oxygen atoms in total. The van der Waals surface area contributed by atoms with E-state index in [1.54, 1.807) is 6.92 Å². The van der Waals surface area contributed by atoms with Crippen molar-refractivity contribution in [1.82, 2.24) is 20.2 Å². The average Bonchev–Trinajstić information content (AvgIpc) is 2.89. The molecule has 0 amide bonds. The molecule has 1 fully saturated rings. The maximum atomic E-state index is 13.4. The molecular weight excluding hydrogens is 557 g/mol. The summed E-state index contributed by atoms with van der Waals surface area (Å²) in [6, 6.07) is 6.72. The zero-order valence-corrected chi connectivity index (χ0v) is 22.0. The topological polar surface area (TPSA) is 112 Å². The molecule has 3 aromatic rings. The zero-order valence-electron chi connectivity index (χ0n) is 22.0. The predicted octanol–water partition coefficient (Wildman–Crippen LogP) is 5.38. The van der Waals surface area contributed by atoms with Crippen LogP contribution in [0.15, 0.2) is 53.1 Å². The van der Waals surface area contributed by atoms with Gasteiger partial charge in [-0.2, -0.15) is 18.3 Å². The second kappa shape index (κ2) is 13.6. The van der Waals surface area contributed by atoms with Gasteiger partial charge in [0, 0.05) is 17.8 Å². The summed E-state index contributed by atoms with van der Waals surface area (Å²) in [7, 11) is 0. The van der Waals surface area contributed by atoms with Crippen LogP contribution in [0.3, 0.4) is 0 Å². The van der Waals surface area contributed by atoms with E-state index in [2.05, 4.69) is 10.1 Å². The van der Waals surface area contributed by atoms with Crippen LogP contribution in [0.5, 0.6) is 0 Å². The normalized spacial score (nSPS) is 14.8. The van der Waals surface area contributed by atoms with E-state index in [0.29, 0.717) is 18.4 Å². The Bertz CT molecular complexity index is 1380. The van der Waals surface area contributed by atoms with Crippen molar-refractivity contribution in [2.45, 2.75) is 64.1 Å². The number of aromatic nitrogens is 3. The number of hydrazine groups is 1. The van der Waals surface area contributed by atoms with Gasteiger partial charge in [0.15, 0.2) is 0 Å². The molecule has 1 aliphatic rings. The van der Waals surface area contributed by atoms with E-state index in [0.717, 1.165) is 42.1 Å². The van der Waals surface area contributed by atoms with Gasteiger partial charge in [-0.25, -0.2) is 22.2 Å². The van der Waals surface area contributed by atoms with E-state index in [1.807, 2.05) is 5.43 Å². The number of aryl methyl sites for hydroxylation is 1. The van der Waals surface area contributed by atoms with Gasteiger partial charge in [-0.15, -0.1) is 0 Å². The molecule has 0 radical (unpaired) electrons. The molecule has 4 rings (SSSR count). The number of pyridine rings is 1. The molecule has 0 spiro atoms. The number of halogens is 7. The molecule has 0 bridgehead atoms. The van der Waals surface area contributed by atoms with E-state index in [-0.39, 0.29) is 17.2 Å². The Hall–Kier alpha value is -3.94. The molecule has 0 atom stereocenters. The van der Waals surface area contributed by atoms with Gasteiger partial charge < -0.3 is 11.2 Å². The predicted molar refractivity (Wildman–Crippen MR) is 138 cm³/mol. The highest BCUT2D eigenvalue weighted by molar-refractivity contribution is 5.63. The first-order chi connectivity index (χ1) is 19.3. The lowest BCUT2D eigenvalue weighted by atomic mass is 9.84. The summed E-state index contributed by atoms with van der Waals surface area (Å²) in [5.74, 6) is 3.93. The fraction of sp³-hybridized carbons (Fsp3) is 0.370. The van der Waals surface area contributed by atoms with Crippen molar-refractivity contribution >= 4 is 5.70 Å². The van der Waals surface area contributed by atoms with Crippen molar-refractivity contribution < 1.29 is 30.7 Å². The van der Waals surface area contributed by atoms with E-state index in [9.17, 15) is 35.5 Å². The minimum atomic E-state index is -4.69. The smallest absolute Gasteiger partial charge is 0.395 e. The molecule has 2 heterocycles. The Labute approximate surface area is 231 Å². The van der Waals surface area contributed by atoms with Crippen molar-refractivity contribution in [1.29, 1.82) is 0 Å². The molecule has 222 valence electrons. The number of benzene rings is 1. The fourth-order valence-corrected chi connectivity index (χ4v) is 4.56. The highest BCUT2D eigenvalue weighted by Crippen LogP contribution is 2.33. The second-order valence-electron chi connectivity index (χ2n) is 9.50. The first kappa shape index (κ1) is 31.6. The largest absolute Gasteiger partial charge is 0.418 e. The van der Waals surface area contributed by atoms with Gasteiger partial charge >= 0.3 is 6.18 Å². The molecule has 14 heteroatoms. The molecule has 0 aliphatic heterocycles. The van der Waals surface area contributed by atoms with Crippen LogP contribution < -0.4 is 22.6 Å². The van der Waals surface area contributed by atoms with Crippen molar-refractivity contribution in [2.24, 2.45) is 11.6 Å². The standard InChI is InChI=1S/C20H23F5N6O.C7H6F2/c21-18(22)17(29-27)16(26)14-9-12(11-5-2-1-3-6-11)19(32)31(30-14)10-15-13(20(23,24)25)7-4-8-28-15;1-5-2-6(8)4-7(9)3-5/h4,7-9,11,18,29H,1-3,5-6,10,26-27H2;2-4H,1H3/b17-16-;. The van der Waals surface area contributed by atoms with Crippen LogP contribution in [-0.2, 0) is 12.7 Å². The van der Waals surface area contributed by atoms with Gasteiger partial charge in [0.25, 0.3) is 12.0 Å². The van der Waals surface area contributed by atoms with Crippen LogP contribution in [0.4, 0.5) is 30.7 Å². The molecule has 41 heavy (non-hydrogen) atoms. The third kappa shape index (κ3) is 8.28. The third-order valence-corrected chi connectivity index (χ3v) is 6.49. The number of nitrogens with zero attached hydrogens (tertiary/aromatic N) is 3. The Morgan fingerprint density at radius 1 is 1.10 bits per heavy atom. The number of hydrogen-bond donors (Lipinski definition) is 3. The van der Waals surface area contributed by atoms with Crippen LogP contribution in [0, 0.1) is 18.6 Å². The van der Waals surface area contributed by atoms with Gasteiger partial charge in [0.05, 0.1) is 23.5 Å². The van der Waals surface area contributed by atoms with E-state index in [1.165, 1.54) is 24.4 Å². The number of hydrogen-bond acceptors (Lipinski definition) is 6. The van der Waals surface area contributed by atoms with Crippen molar-refractivity contribution in [2.75, 3.05) is 0 Å². The van der Waals surface area contributed by atoms with Crippen LogP contribution in [0.25, 0.3) is 5.70 Å². The molecule has 0 saturated heterocycles. The lowest BCUT2D eigenvalue weighted by Gasteiger charge is -2.23. The quantitative estimate of drug-likeness (QED) is 0.203. The molecule has 1 aromatic carbocycles. The van der Waals surface area contributed by atoms with Crippen LogP contribution in [0.2, 0.25) is 0 Å². The van der Waals surface area contributed by atoms with Crippen molar-refractivity contribution in [3.63, 3.8) is 0 Å². The zero-order chi connectivity index (χ0) is 30.3. The molecule has 5 N–H and O–H groups in total. The maximum absolute atomic E-state index is 13.4. The summed E-state index contributed by atoms with van der Waals surface area (Å²) in [6.07, 6.45) is -2.44. The Morgan fingerprint density at radius 3 is 2.27 bits per heavy atom. The molecule has 2 aromatic heterocycles. The summed E-state index contributed by atoms with van der Waals surface area (Å²) in [6.45, 7) is 1.04. The highest BCUT2D eigenvalue weighted by Gasteiger charge is 2.34. The summed E-state index contributed by atoms with van der Waals surface area (Å²) in [5.41, 5.74) is 5.03. The number of nitrogens with two attached hydrogens (primary N) is 2. The minimum Gasteiger partial charge on any atom is -0.395 e. The van der Waals surface area contributed by atoms with E-state index in [4.69, 9.17) is 11.6 Å². The van der Waals surface area contributed by atoms with Crippen molar-refractivity contribution in [3.05, 3.63) is 98.4 Å². The summed E-state index contributed by atoms with van der Waals surface area (Å²) in [5, 5.41) is 3.98. The number of allylic oxidation sites excluding steroid dienone is 1. The van der Waals surface area contributed by atoms with Gasteiger partial charge in [-0.3, -0.25) is 15.6 Å². The van der Waals surface area contributed by atoms with E-state index >= 15 is 0 Å². The molecule has 1 aliphatic carbocycles. The SMILES string of the molecule is Cc1cc(F)cc(F)c1.NN/C(=C(\N)c1cc(C2CCCCC2)c(=O)n(Cc2ncccc2C(F)(F)F)n1)C(F)F. The minimum absolute atomic E-state index is 0.177. The number of alkyl halides is 5. The monoisotopic (exact) mass is 586 g/mol. The molecule has 0 unspecified atom stereocenters. The van der Waals surface area contributed by atoms with Gasteiger partial charge in [0.1, 0.15) is 23.0 Å². The van der Waals surface area contributed by atoms with E-state index < -0.39 is 59.0 Å². The molecule has 1 saturated carbocycles. The Balaban J connectivity index is 0.000000436. The number of nitrogens with one attached hydrogen (secondary N) is 1.